The van der Waals surface area contributed by atoms with Crippen molar-refractivity contribution in [3.05, 3.63) is 158 Å². The summed E-state index contributed by atoms with van der Waals surface area (Å²) < 4.78 is 23.7. The lowest BCUT2D eigenvalue weighted by Gasteiger charge is -2.25. The molecular weight excluding hydrogens is 984 g/mol. The number of likely N-dealkylation sites (N-methyl/N-ethyl adjacent to an activating group) is 1. The smallest absolute Gasteiger partial charge is 0.387 e. The Balaban J connectivity index is 4.28. The van der Waals surface area contributed by atoms with Crippen LogP contribution in [0.3, 0.4) is 0 Å². The number of hydrogen-bond donors (Lipinski definition) is 3. The maximum atomic E-state index is 13.0. The van der Waals surface area contributed by atoms with Gasteiger partial charge < -0.3 is 19.8 Å². The number of unbranched alkanes of at least 4 members (excludes halogenated alkanes) is 17. The van der Waals surface area contributed by atoms with E-state index in [-0.39, 0.29) is 19.1 Å². The minimum Gasteiger partial charge on any atom is -0.387 e. The molecule has 0 aromatic heterocycles. The van der Waals surface area contributed by atoms with Gasteiger partial charge in [0.05, 0.1) is 39.9 Å². The third-order valence-corrected chi connectivity index (χ3v) is 13.7. The number of phosphoric ester groups is 1. The average molecular weight is 1100 g/mol. The number of carbonyl (C=O) groups excluding carboxylic acids is 1. The second kappa shape index (κ2) is 57.8. The van der Waals surface area contributed by atoms with Crippen LogP contribution in [-0.4, -0.2) is 73.4 Å². The standard InChI is InChI=1S/C69H115N2O6P/c1-6-8-10-12-14-16-18-20-22-24-26-27-28-29-30-31-32-33-34-35-36-37-38-39-40-41-42-43-45-47-49-51-53-55-57-59-61-63-69(73)70-67(66-77-78(74,75)76-65-64-71(3,4)5)68(72)62-60-58-56-54-52-50-48-46-44-25-23-21-19-17-15-13-11-9-7-2/h8,10,14,16,20,22,26-27,29-30,32-33,35-36,38-39,41-42,44-47,52,54,60,62,67-68,72H,6-7,9,11-13,15,17-19,21,23-25,28,31,34,37,40,43,48-51,53,55-59,61,63-66H2,1-5H3,(H-,70,73,74,75)/p+1/b10-8-,16-14-,22-20-,27-26-,30-29-,33-32-,36-35-,39-38-,42-41-,46-44+,47-45-,54-52+,62-60+. The Hall–Kier alpha value is -3.88. The van der Waals surface area contributed by atoms with Crippen LogP contribution in [0.2, 0.25) is 0 Å². The Morgan fingerprint density at radius 3 is 1.18 bits per heavy atom. The lowest BCUT2D eigenvalue weighted by atomic mass is 10.1. The molecule has 0 fully saturated rings. The summed E-state index contributed by atoms with van der Waals surface area (Å²) in [5, 5.41) is 13.9. The molecule has 0 heterocycles. The van der Waals surface area contributed by atoms with Gasteiger partial charge in [-0.1, -0.05) is 249 Å². The number of quaternary nitrogens is 1. The van der Waals surface area contributed by atoms with Crippen LogP contribution in [0.1, 0.15) is 219 Å². The lowest BCUT2D eigenvalue weighted by Crippen LogP contribution is -2.45. The minimum absolute atomic E-state index is 0.0417. The van der Waals surface area contributed by atoms with Gasteiger partial charge in [-0.2, -0.15) is 0 Å². The summed E-state index contributed by atoms with van der Waals surface area (Å²) in [6, 6.07) is -0.891. The van der Waals surface area contributed by atoms with Crippen LogP contribution in [0.4, 0.5) is 0 Å². The molecule has 0 aliphatic carbocycles. The van der Waals surface area contributed by atoms with E-state index in [1.807, 2.05) is 27.2 Å². The summed E-state index contributed by atoms with van der Waals surface area (Å²) in [5.74, 6) is -0.212. The predicted octanol–water partition coefficient (Wildman–Crippen LogP) is 19.4. The fourth-order valence-electron chi connectivity index (χ4n) is 7.92. The van der Waals surface area contributed by atoms with Crippen LogP contribution in [-0.2, 0) is 18.4 Å². The molecule has 3 atom stereocenters. The quantitative estimate of drug-likeness (QED) is 0.0243. The lowest BCUT2D eigenvalue weighted by molar-refractivity contribution is -0.870. The van der Waals surface area contributed by atoms with E-state index in [0.717, 1.165) is 135 Å². The van der Waals surface area contributed by atoms with E-state index in [0.29, 0.717) is 17.4 Å². The van der Waals surface area contributed by atoms with E-state index in [9.17, 15) is 19.4 Å². The van der Waals surface area contributed by atoms with Crippen molar-refractivity contribution in [1.82, 2.24) is 5.32 Å². The van der Waals surface area contributed by atoms with Gasteiger partial charge in [0, 0.05) is 6.42 Å². The number of amides is 1. The van der Waals surface area contributed by atoms with Crippen LogP contribution >= 0.6 is 7.82 Å². The minimum atomic E-state index is -4.38. The third-order valence-electron chi connectivity index (χ3n) is 12.7. The van der Waals surface area contributed by atoms with Gasteiger partial charge in [-0.05, 0) is 122 Å². The fraction of sp³-hybridized carbons (Fsp3) is 0.609. The first-order valence-electron chi connectivity index (χ1n) is 30.9. The largest absolute Gasteiger partial charge is 0.472 e. The van der Waals surface area contributed by atoms with Crippen molar-refractivity contribution in [2.45, 2.75) is 231 Å². The molecule has 1 amide bonds. The van der Waals surface area contributed by atoms with Gasteiger partial charge in [-0.15, -0.1) is 0 Å². The van der Waals surface area contributed by atoms with Crippen LogP contribution in [0.15, 0.2) is 158 Å². The Bertz CT molecular complexity index is 1820. The van der Waals surface area contributed by atoms with Gasteiger partial charge in [0.2, 0.25) is 5.91 Å². The van der Waals surface area contributed by atoms with E-state index in [1.165, 1.54) is 64.2 Å². The molecule has 3 N–H and O–H groups in total. The maximum Gasteiger partial charge on any atom is 0.472 e. The highest BCUT2D eigenvalue weighted by Gasteiger charge is 2.27. The normalized spacial score (nSPS) is 14.9. The van der Waals surface area contributed by atoms with Gasteiger partial charge in [-0.3, -0.25) is 13.8 Å². The number of aliphatic hydroxyl groups is 1. The summed E-state index contributed by atoms with van der Waals surface area (Å²) in [5.41, 5.74) is 0. The first-order valence-corrected chi connectivity index (χ1v) is 32.4. The SMILES string of the molecule is CC/C=C\C/C=C\C/C=C\C/C=C\C/C=C\C/C=C\C/C=C\C/C=C\C/C=C\C/C=C\CCCCCCCCC(=O)NC(COP(=O)(O)OCC[N+](C)(C)C)C(O)/C=C/CC/C=C/CC/C=C/CCCCCCCCCCC. The Morgan fingerprint density at radius 1 is 0.449 bits per heavy atom. The number of nitrogens with one attached hydrogen (secondary N) is 1. The molecule has 0 aliphatic rings. The molecule has 0 saturated carbocycles. The zero-order valence-electron chi connectivity index (χ0n) is 50.3. The van der Waals surface area contributed by atoms with Crippen molar-refractivity contribution in [3.63, 3.8) is 0 Å². The van der Waals surface area contributed by atoms with Gasteiger partial charge in [0.1, 0.15) is 13.2 Å². The molecule has 0 rings (SSSR count). The summed E-state index contributed by atoms with van der Waals surface area (Å²) >= 11 is 0. The first kappa shape index (κ1) is 74.1. The molecule has 0 aromatic rings. The number of aliphatic hydroxyl groups excluding tert-OH is 1. The second-order valence-corrected chi connectivity index (χ2v) is 22.8. The summed E-state index contributed by atoms with van der Waals surface area (Å²) in [4.78, 5) is 23.3. The van der Waals surface area contributed by atoms with Gasteiger partial charge >= 0.3 is 7.82 Å². The highest BCUT2D eigenvalue weighted by Crippen LogP contribution is 2.43. The van der Waals surface area contributed by atoms with E-state index in [2.05, 4.69) is 165 Å². The molecule has 8 nitrogen and oxygen atoms in total. The number of allylic oxidation sites excluding steroid dienone is 25. The topological polar surface area (TPSA) is 105 Å². The molecule has 3 unspecified atom stereocenters. The average Bonchev–Trinajstić information content (AvgIpc) is 3.41. The van der Waals surface area contributed by atoms with Gasteiger partial charge in [0.15, 0.2) is 0 Å². The molecule has 0 saturated heterocycles. The number of phosphoric acid groups is 1. The van der Waals surface area contributed by atoms with Crippen molar-refractivity contribution in [2.75, 3.05) is 40.9 Å². The van der Waals surface area contributed by atoms with E-state index < -0.39 is 20.0 Å². The molecule has 0 aliphatic heterocycles. The molecule has 0 radical (unpaired) electrons. The summed E-state index contributed by atoms with van der Waals surface area (Å²) in [6.45, 7) is 4.64. The Kier molecular flexibility index (Phi) is 54.9. The fourth-order valence-corrected chi connectivity index (χ4v) is 8.66. The van der Waals surface area contributed by atoms with Crippen LogP contribution in [0.25, 0.3) is 0 Å². The molecule has 78 heavy (non-hydrogen) atoms. The number of hydrogen-bond acceptors (Lipinski definition) is 5. The summed E-state index contributed by atoms with van der Waals surface area (Å²) in [6.07, 6.45) is 90.7. The molecule has 0 spiro atoms. The van der Waals surface area contributed by atoms with E-state index in [4.69, 9.17) is 9.05 Å². The van der Waals surface area contributed by atoms with Gasteiger partial charge in [0.25, 0.3) is 0 Å². The predicted molar refractivity (Wildman–Crippen MR) is 340 cm³/mol. The van der Waals surface area contributed by atoms with Crippen LogP contribution in [0, 0.1) is 0 Å². The highest BCUT2D eigenvalue weighted by molar-refractivity contribution is 7.47. The Morgan fingerprint density at radius 2 is 0.782 bits per heavy atom. The second-order valence-electron chi connectivity index (χ2n) is 21.3. The molecular formula is C69H116N2O6P+. The highest BCUT2D eigenvalue weighted by atomic mass is 31.2. The molecule has 0 aromatic carbocycles. The van der Waals surface area contributed by atoms with Crippen molar-refractivity contribution in [2.24, 2.45) is 0 Å². The van der Waals surface area contributed by atoms with E-state index in [1.54, 1.807) is 6.08 Å². The van der Waals surface area contributed by atoms with Gasteiger partial charge in [-0.25, -0.2) is 4.57 Å². The summed E-state index contributed by atoms with van der Waals surface area (Å²) in [7, 11) is 1.51. The molecule has 442 valence electrons. The Labute approximate surface area is 480 Å². The van der Waals surface area contributed by atoms with E-state index >= 15 is 0 Å². The molecule has 9 heteroatoms. The van der Waals surface area contributed by atoms with Crippen LogP contribution < -0.4 is 5.32 Å². The zero-order chi connectivity index (χ0) is 57.0. The zero-order valence-corrected chi connectivity index (χ0v) is 51.2. The van der Waals surface area contributed by atoms with Crippen molar-refractivity contribution >= 4 is 13.7 Å². The molecule has 0 bridgehead atoms. The van der Waals surface area contributed by atoms with Crippen molar-refractivity contribution < 1.29 is 32.9 Å². The maximum absolute atomic E-state index is 13.0. The van der Waals surface area contributed by atoms with Crippen molar-refractivity contribution in [1.29, 1.82) is 0 Å². The third kappa shape index (κ3) is 59.8. The number of nitrogens with zero attached hydrogens (tertiary/aromatic N) is 1. The first-order chi connectivity index (χ1) is 38.0. The number of rotatable bonds is 54. The van der Waals surface area contributed by atoms with Crippen LogP contribution in [0.5, 0.6) is 0 Å². The van der Waals surface area contributed by atoms with Crippen molar-refractivity contribution in [3.8, 4) is 0 Å². The number of carbonyl (C=O) groups is 1. The monoisotopic (exact) mass is 1100 g/mol.